The van der Waals surface area contributed by atoms with Crippen molar-refractivity contribution in [3.8, 4) is 11.6 Å². The molecule has 3 aromatic rings. The number of nitrogens with zero attached hydrogens (tertiary/aromatic N) is 4. The molecule has 0 aliphatic rings. The lowest BCUT2D eigenvalue weighted by atomic mass is 10.2. The average molecular weight is 330 g/mol. The second-order valence-electron chi connectivity index (χ2n) is 4.61. The third kappa shape index (κ3) is 3.48. The van der Waals surface area contributed by atoms with E-state index in [1.54, 1.807) is 6.92 Å². The van der Waals surface area contributed by atoms with Crippen LogP contribution in [0.5, 0.6) is 0 Å². The maximum absolute atomic E-state index is 11.3. The fraction of sp³-hybridized carbons (Fsp3) is 0.267. The van der Waals surface area contributed by atoms with Crippen molar-refractivity contribution in [1.82, 2.24) is 20.2 Å². The molecular formula is C15H14N4O3S. The monoisotopic (exact) mass is 330 g/mol. The van der Waals surface area contributed by atoms with Gasteiger partial charge in [0.15, 0.2) is 0 Å². The topological polar surface area (TPSA) is 91.0 Å². The van der Waals surface area contributed by atoms with Gasteiger partial charge in [0.05, 0.1) is 23.3 Å². The molecule has 0 aliphatic carbocycles. The van der Waals surface area contributed by atoms with Gasteiger partial charge in [0, 0.05) is 0 Å². The third-order valence-electron chi connectivity index (χ3n) is 2.97. The van der Waals surface area contributed by atoms with Crippen molar-refractivity contribution >= 4 is 28.8 Å². The quantitative estimate of drug-likeness (QED) is 0.521. The molecule has 0 atom stereocenters. The van der Waals surface area contributed by atoms with Crippen LogP contribution in [0.2, 0.25) is 0 Å². The predicted molar refractivity (Wildman–Crippen MR) is 84.9 cm³/mol. The van der Waals surface area contributed by atoms with Crippen molar-refractivity contribution in [1.29, 1.82) is 0 Å². The summed E-state index contributed by atoms with van der Waals surface area (Å²) in [6, 6.07) is 7.57. The van der Waals surface area contributed by atoms with Gasteiger partial charge in [-0.1, -0.05) is 23.9 Å². The van der Waals surface area contributed by atoms with E-state index in [9.17, 15) is 4.79 Å². The summed E-state index contributed by atoms with van der Waals surface area (Å²) in [5.41, 5.74) is 2.81. The number of hydrogen-bond acceptors (Lipinski definition) is 8. The van der Waals surface area contributed by atoms with Gasteiger partial charge in [-0.25, -0.2) is 9.97 Å². The number of thioether (sulfide) groups is 1. The van der Waals surface area contributed by atoms with Crippen LogP contribution >= 0.6 is 11.8 Å². The molecule has 0 aliphatic heterocycles. The minimum atomic E-state index is -0.320. The van der Waals surface area contributed by atoms with Crippen molar-refractivity contribution < 1.29 is 13.9 Å². The number of fused-ring (bicyclic) bond motifs is 1. The molecule has 0 saturated carbocycles. The highest BCUT2D eigenvalue weighted by atomic mass is 32.2. The second-order valence-corrected chi connectivity index (χ2v) is 5.54. The van der Waals surface area contributed by atoms with Gasteiger partial charge in [0.2, 0.25) is 0 Å². The fourth-order valence-electron chi connectivity index (χ4n) is 1.98. The maximum Gasteiger partial charge on any atom is 0.316 e. The largest absolute Gasteiger partial charge is 0.465 e. The van der Waals surface area contributed by atoms with Crippen LogP contribution in [-0.4, -0.2) is 38.5 Å². The summed E-state index contributed by atoms with van der Waals surface area (Å²) in [5, 5.41) is 8.20. The highest BCUT2D eigenvalue weighted by Crippen LogP contribution is 2.25. The van der Waals surface area contributed by atoms with E-state index >= 15 is 0 Å². The minimum absolute atomic E-state index is 0.123. The van der Waals surface area contributed by atoms with Gasteiger partial charge in [-0.3, -0.25) is 4.79 Å². The van der Waals surface area contributed by atoms with Crippen LogP contribution in [-0.2, 0) is 9.53 Å². The molecule has 0 fully saturated rings. The first-order valence-corrected chi connectivity index (χ1v) is 8.01. The first-order valence-electron chi connectivity index (χ1n) is 7.03. The van der Waals surface area contributed by atoms with Crippen molar-refractivity contribution in [2.75, 3.05) is 12.4 Å². The lowest BCUT2D eigenvalue weighted by molar-refractivity contribution is -0.139. The summed E-state index contributed by atoms with van der Waals surface area (Å²) in [4.78, 5) is 20.4. The van der Waals surface area contributed by atoms with Gasteiger partial charge in [0.25, 0.3) is 11.1 Å². The van der Waals surface area contributed by atoms with Crippen LogP contribution < -0.4 is 0 Å². The molecule has 118 valence electrons. The molecule has 0 unspecified atom stereocenters. The Morgan fingerprint density at radius 2 is 1.96 bits per heavy atom. The number of aryl methyl sites for hydroxylation is 1. The molecule has 23 heavy (non-hydrogen) atoms. The summed E-state index contributed by atoms with van der Waals surface area (Å²) in [7, 11) is 0. The second kappa shape index (κ2) is 6.74. The number of carbonyl (C=O) groups excluding carboxylic acids is 1. The molecule has 3 rings (SSSR count). The van der Waals surface area contributed by atoms with E-state index in [0.717, 1.165) is 22.8 Å². The summed E-state index contributed by atoms with van der Waals surface area (Å²) in [6.45, 7) is 3.94. The molecule has 8 heteroatoms. The molecule has 7 nitrogen and oxygen atoms in total. The summed E-state index contributed by atoms with van der Waals surface area (Å²) in [6.07, 6.45) is 0. The standard InChI is InChI=1S/C15H14N4O3S/c1-3-21-12(20)8-23-15-19-18-14(22-15)13-9(2)16-10-6-4-5-7-11(10)17-13/h4-7H,3,8H2,1-2H3. The Hall–Kier alpha value is -2.48. The number of ether oxygens (including phenoxy) is 1. The van der Waals surface area contributed by atoms with E-state index < -0.39 is 0 Å². The number of hydrogen-bond donors (Lipinski definition) is 0. The van der Waals surface area contributed by atoms with Crippen LogP contribution in [0.1, 0.15) is 12.6 Å². The zero-order chi connectivity index (χ0) is 16.2. The van der Waals surface area contributed by atoms with Gasteiger partial charge >= 0.3 is 5.97 Å². The first-order chi connectivity index (χ1) is 11.2. The average Bonchev–Trinajstić information content (AvgIpc) is 3.01. The normalized spacial score (nSPS) is 10.9. The van der Waals surface area contributed by atoms with Gasteiger partial charge in [-0.2, -0.15) is 0 Å². The van der Waals surface area contributed by atoms with E-state index in [-0.39, 0.29) is 17.6 Å². The van der Waals surface area contributed by atoms with Crippen molar-refractivity contribution in [3.63, 3.8) is 0 Å². The van der Waals surface area contributed by atoms with Crippen molar-refractivity contribution in [2.24, 2.45) is 0 Å². The highest BCUT2D eigenvalue weighted by Gasteiger charge is 2.16. The van der Waals surface area contributed by atoms with Gasteiger partial charge < -0.3 is 9.15 Å². The molecule has 0 N–H and O–H groups in total. The molecule has 2 heterocycles. The SMILES string of the molecule is CCOC(=O)CSc1nnc(-c2nc3ccccc3nc2C)o1. The Morgan fingerprint density at radius 3 is 2.70 bits per heavy atom. The molecule has 0 saturated heterocycles. The zero-order valence-electron chi connectivity index (χ0n) is 12.6. The van der Waals surface area contributed by atoms with Gasteiger partial charge in [-0.05, 0) is 26.0 Å². The van der Waals surface area contributed by atoms with Crippen LogP contribution in [0.25, 0.3) is 22.6 Å². The van der Waals surface area contributed by atoms with Gasteiger partial charge in [-0.15, -0.1) is 10.2 Å². The maximum atomic E-state index is 11.3. The Kier molecular flexibility index (Phi) is 4.52. The molecule has 0 amide bonds. The molecule has 0 bridgehead atoms. The summed E-state index contributed by atoms with van der Waals surface area (Å²) >= 11 is 1.13. The number of aromatic nitrogens is 4. The first kappa shape index (κ1) is 15.4. The smallest absolute Gasteiger partial charge is 0.316 e. The van der Waals surface area contributed by atoms with Crippen molar-refractivity contribution in [3.05, 3.63) is 30.0 Å². The lowest BCUT2D eigenvalue weighted by Gasteiger charge is -2.02. The van der Waals surface area contributed by atoms with E-state index in [1.807, 2.05) is 31.2 Å². The number of carbonyl (C=O) groups is 1. The molecular weight excluding hydrogens is 316 g/mol. The Bertz CT molecular complexity index is 850. The number of para-hydroxylation sites is 2. The Labute approximate surface area is 136 Å². The zero-order valence-corrected chi connectivity index (χ0v) is 13.5. The summed E-state index contributed by atoms with van der Waals surface area (Å²) < 4.78 is 10.4. The predicted octanol–water partition coefficient (Wildman–Crippen LogP) is 2.64. The fourth-order valence-corrected chi connectivity index (χ4v) is 2.54. The van der Waals surface area contributed by atoms with Crippen LogP contribution in [0.15, 0.2) is 33.9 Å². The van der Waals surface area contributed by atoms with E-state index in [0.29, 0.717) is 23.2 Å². The lowest BCUT2D eigenvalue weighted by Crippen LogP contribution is -2.06. The number of benzene rings is 1. The molecule has 0 spiro atoms. The molecule has 0 radical (unpaired) electrons. The molecule has 1 aromatic carbocycles. The van der Waals surface area contributed by atoms with Gasteiger partial charge in [0.1, 0.15) is 11.4 Å². The van der Waals surface area contributed by atoms with E-state index in [1.165, 1.54) is 0 Å². The van der Waals surface area contributed by atoms with Crippen LogP contribution in [0, 0.1) is 6.92 Å². The number of esters is 1. The molecule has 2 aromatic heterocycles. The van der Waals surface area contributed by atoms with E-state index in [4.69, 9.17) is 9.15 Å². The van der Waals surface area contributed by atoms with Crippen molar-refractivity contribution in [2.45, 2.75) is 19.1 Å². The van der Waals surface area contributed by atoms with Crippen LogP contribution in [0.4, 0.5) is 0 Å². The Balaban J connectivity index is 1.82. The summed E-state index contributed by atoms with van der Waals surface area (Å²) in [5.74, 6) is 0.0868. The third-order valence-corrected chi connectivity index (χ3v) is 3.76. The number of rotatable bonds is 5. The Morgan fingerprint density at radius 1 is 1.22 bits per heavy atom. The minimum Gasteiger partial charge on any atom is -0.465 e. The van der Waals surface area contributed by atoms with E-state index in [2.05, 4.69) is 20.2 Å². The van der Waals surface area contributed by atoms with Crippen LogP contribution in [0.3, 0.4) is 0 Å². The highest BCUT2D eigenvalue weighted by molar-refractivity contribution is 7.99.